The van der Waals surface area contributed by atoms with Crippen molar-refractivity contribution >= 4 is 0 Å². The van der Waals surface area contributed by atoms with E-state index in [1.807, 2.05) is 0 Å². The Morgan fingerprint density at radius 2 is 1.80 bits per heavy atom. The highest BCUT2D eigenvalue weighted by Gasteiger charge is 2.04. The number of nitrogens with two attached hydrogens (primary N) is 1. The maximum Gasteiger partial charge on any atom is 0.0178 e. The molecule has 0 aliphatic carbocycles. The molecule has 0 heterocycles. The summed E-state index contributed by atoms with van der Waals surface area (Å²) in [5.41, 5.74) is 8.24. The van der Waals surface area contributed by atoms with Crippen molar-refractivity contribution in [1.82, 2.24) is 0 Å². The van der Waals surface area contributed by atoms with E-state index in [1.165, 1.54) is 36.8 Å². The van der Waals surface area contributed by atoms with E-state index in [9.17, 15) is 0 Å². The van der Waals surface area contributed by atoms with Gasteiger partial charge in [0.15, 0.2) is 0 Å². The van der Waals surface area contributed by atoms with Crippen molar-refractivity contribution in [1.29, 1.82) is 0 Å². The molecule has 0 saturated carbocycles. The highest BCUT2D eigenvalue weighted by Crippen LogP contribution is 2.21. The van der Waals surface area contributed by atoms with Gasteiger partial charge in [-0.05, 0) is 23.5 Å². The lowest BCUT2D eigenvalue weighted by Crippen LogP contribution is -1.98. The van der Waals surface area contributed by atoms with Crippen molar-refractivity contribution < 1.29 is 0 Å². The van der Waals surface area contributed by atoms with Gasteiger partial charge in [0.2, 0.25) is 0 Å². The van der Waals surface area contributed by atoms with Crippen LogP contribution in [0.25, 0.3) is 0 Å². The molecule has 1 nitrogen and oxygen atoms in total. The first-order valence-corrected chi connectivity index (χ1v) is 6.06. The summed E-state index contributed by atoms with van der Waals surface area (Å²) in [7, 11) is 0. The quantitative estimate of drug-likeness (QED) is 0.702. The van der Waals surface area contributed by atoms with Crippen LogP contribution in [0.5, 0.6) is 0 Å². The Morgan fingerprint density at radius 1 is 1.13 bits per heavy atom. The summed E-state index contributed by atoms with van der Waals surface area (Å²) in [6.07, 6.45) is 5.30. The van der Waals surface area contributed by atoms with E-state index in [2.05, 4.69) is 38.1 Å². The average Bonchev–Trinajstić information content (AvgIpc) is 2.29. The Labute approximate surface area is 93.7 Å². The van der Waals surface area contributed by atoms with Gasteiger partial charge in [-0.15, -0.1) is 0 Å². The molecule has 1 heteroatoms. The summed E-state index contributed by atoms with van der Waals surface area (Å²) in [4.78, 5) is 0. The maximum atomic E-state index is 5.57. The molecule has 1 aromatic carbocycles. The molecule has 0 spiro atoms. The van der Waals surface area contributed by atoms with Gasteiger partial charge >= 0.3 is 0 Å². The van der Waals surface area contributed by atoms with Crippen LogP contribution in [-0.2, 0) is 6.54 Å². The van der Waals surface area contributed by atoms with E-state index in [1.54, 1.807) is 0 Å². The van der Waals surface area contributed by atoms with Gasteiger partial charge in [0.05, 0.1) is 0 Å². The number of hydrogen-bond acceptors (Lipinski definition) is 1. The van der Waals surface area contributed by atoms with Crippen molar-refractivity contribution in [3.63, 3.8) is 0 Å². The standard InChI is InChI=1S/C14H23N/c1-3-4-5-6-12(2)14-9-7-13(11-15)8-10-14/h7-10,12H,3-6,11,15H2,1-2H3. The molecular weight excluding hydrogens is 182 g/mol. The largest absolute Gasteiger partial charge is 0.326 e. The minimum absolute atomic E-state index is 0.643. The van der Waals surface area contributed by atoms with Crippen molar-refractivity contribution in [2.75, 3.05) is 0 Å². The highest BCUT2D eigenvalue weighted by molar-refractivity contribution is 5.24. The van der Waals surface area contributed by atoms with E-state index in [0.717, 1.165) is 0 Å². The van der Waals surface area contributed by atoms with Crippen molar-refractivity contribution in [2.45, 2.75) is 52.0 Å². The average molecular weight is 205 g/mol. The number of rotatable bonds is 6. The van der Waals surface area contributed by atoms with Crippen LogP contribution in [0.3, 0.4) is 0 Å². The molecule has 1 rings (SSSR count). The topological polar surface area (TPSA) is 26.0 Å². The second kappa shape index (κ2) is 6.62. The summed E-state index contributed by atoms with van der Waals surface area (Å²) >= 11 is 0. The molecule has 84 valence electrons. The van der Waals surface area contributed by atoms with E-state index >= 15 is 0 Å². The SMILES string of the molecule is CCCCCC(C)c1ccc(CN)cc1. The molecule has 1 atom stereocenters. The van der Waals surface area contributed by atoms with Gasteiger partial charge in [-0.3, -0.25) is 0 Å². The van der Waals surface area contributed by atoms with Crippen LogP contribution in [-0.4, -0.2) is 0 Å². The van der Waals surface area contributed by atoms with E-state index in [4.69, 9.17) is 5.73 Å². The lowest BCUT2D eigenvalue weighted by Gasteiger charge is -2.11. The molecule has 0 aliphatic rings. The normalized spacial score (nSPS) is 12.7. The number of hydrogen-bond donors (Lipinski definition) is 1. The third-order valence-corrected chi connectivity index (χ3v) is 3.03. The van der Waals surface area contributed by atoms with E-state index in [-0.39, 0.29) is 0 Å². The summed E-state index contributed by atoms with van der Waals surface area (Å²) in [6, 6.07) is 8.73. The maximum absolute atomic E-state index is 5.57. The highest BCUT2D eigenvalue weighted by atomic mass is 14.5. The Balaban J connectivity index is 2.46. The zero-order valence-corrected chi connectivity index (χ0v) is 10.00. The summed E-state index contributed by atoms with van der Waals surface area (Å²) in [5, 5.41) is 0. The first kappa shape index (κ1) is 12.3. The second-order valence-corrected chi connectivity index (χ2v) is 4.34. The molecule has 0 bridgehead atoms. The van der Waals surface area contributed by atoms with Gasteiger partial charge in [-0.1, -0.05) is 57.4 Å². The molecule has 0 fully saturated rings. The fourth-order valence-corrected chi connectivity index (χ4v) is 1.85. The zero-order chi connectivity index (χ0) is 11.1. The van der Waals surface area contributed by atoms with Crippen LogP contribution in [0, 0.1) is 0 Å². The van der Waals surface area contributed by atoms with Crippen molar-refractivity contribution in [3.8, 4) is 0 Å². The molecule has 0 amide bonds. The van der Waals surface area contributed by atoms with Gasteiger partial charge in [0, 0.05) is 6.54 Å². The Hall–Kier alpha value is -0.820. The summed E-state index contributed by atoms with van der Waals surface area (Å²) < 4.78 is 0. The Bertz CT molecular complexity index is 263. The molecular formula is C14H23N. The van der Waals surface area contributed by atoms with E-state index < -0.39 is 0 Å². The molecule has 0 aromatic heterocycles. The molecule has 1 unspecified atom stereocenters. The molecule has 0 radical (unpaired) electrons. The van der Waals surface area contributed by atoms with Crippen LogP contribution in [0.15, 0.2) is 24.3 Å². The van der Waals surface area contributed by atoms with Gasteiger partial charge in [0.1, 0.15) is 0 Å². The van der Waals surface area contributed by atoms with Crippen LogP contribution in [0.4, 0.5) is 0 Å². The minimum Gasteiger partial charge on any atom is -0.326 e. The fourth-order valence-electron chi connectivity index (χ4n) is 1.85. The minimum atomic E-state index is 0.643. The molecule has 2 N–H and O–H groups in total. The summed E-state index contributed by atoms with van der Waals surface area (Å²) in [5.74, 6) is 0.684. The molecule has 15 heavy (non-hydrogen) atoms. The lowest BCUT2D eigenvalue weighted by atomic mass is 9.94. The molecule has 0 saturated heterocycles. The smallest absolute Gasteiger partial charge is 0.0178 e. The van der Waals surface area contributed by atoms with Gasteiger partial charge in [0.25, 0.3) is 0 Å². The van der Waals surface area contributed by atoms with Crippen molar-refractivity contribution in [2.24, 2.45) is 5.73 Å². The third kappa shape index (κ3) is 4.05. The molecule has 0 aliphatic heterocycles. The van der Waals surface area contributed by atoms with Crippen LogP contribution in [0.2, 0.25) is 0 Å². The number of benzene rings is 1. The Morgan fingerprint density at radius 3 is 2.33 bits per heavy atom. The van der Waals surface area contributed by atoms with Crippen molar-refractivity contribution in [3.05, 3.63) is 35.4 Å². The number of unbranched alkanes of at least 4 members (excludes halogenated alkanes) is 2. The third-order valence-electron chi connectivity index (χ3n) is 3.03. The first-order valence-electron chi connectivity index (χ1n) is 6.06. The fraction of sp³-hybridized carbons (Fsp3) is 0.571. The predicted molar refractivity (Wildman–Crippen MR) is 66.9 cm³/mol. The summed E-state index contributed by atoms with van der Waals surface area (Å²) in [6.45, 7) is 5.21. The van der Waals surface area contributed by atoms with E-state index in [0.29, 0.717) is 12.5 Å². The van der Waals surface area contributed by atoms with Crippen LogP contribution >= 0.6 is 0 Å². The van der Waals surface area contributed by atoms with Gasteiger partial charge < -0.3 is 5.73 Å². The molecule has 1 aromatic rings. The van der Waals surface area contributed by atoms with Gasteiger partial charge in [-0.25, -0.2) is 0 Å². The van der Waals surface area contributed by atoms with Gasteiger partial charge in [-0.2, -0.15) is 0 Å². The monoisotopic (exact) mass is 205 g/mol. The lowest BCUT2D eigenvalue weighted by molar-refractivity contribution is 0.598. The first-order chi connectivity index (χ1) is 7.27. The zero-order valence-electron chi connectivity index (χ0n) is 10.00. The second-order valence-electron chi connectivity index (χ2n) is 4.34. The van der Waals surface area contributed by atoms with Crippen LogP contribution < -0.4 is 5.73 Å². The Kier molecular flexibility index (Phi) is 5.41. The predicted octanol–water partition coefficient (Wildman–Crippen LogP) is 3.83. The van der Waals surface area contributed by atoms with Crippen LogP contribution in [0.1, 0.15) is 56.6 Å².